The van der Waals surface area contributed by atoms with Gasteiger partial charge in [-0.05, 0) is 46.7 Å². The number of hydrogen-bond donors (Lipinski definition) is 0. The zero-order chi connectivity index (χ0) is 23.0. The number of halogens is 3. The molecule has 2 aromatic carbocycles. The first-order chi connectivity index (χ1) is 14.4. The summed E-state index contributed by atoms with van der Waals surface area (Å²) >= 11 is 0. The molecule has 0 radical (unpaired) electrons. The smallest absolute Gasteiger partial charge is 0.294 e. The van der Waals surface area contributed by atoms with Crippen LogP contribution < -0.4 is 0 Å². The second-order valence-electron chi connectivity index (χ2n) is 8.72. The Hall–Kier alpha value is -3.03. The molecule has 0 saturated carbocycles. The SMILES string of the molecule is Cc1ccc(-c2cc(C(=O)CC(C)(C)C(F)(F)F)cc(-n3nnnc3C(C)C)c2)cc1. The van der Waals surface area contributed by atoms with Gasteiger partial charge in [-0.1, -0.05) is 57.5 Å². The number of nitrogens with zero attached hydrogens (tertiary/aromatic N) is 4. The van der Waals surface area contributed by atoms with E-state index in [4.69, 9.17) is 0 Å². The molecule has 0 aliphatic heterocycles. The number of carbonyl (C=O) groups excluding carboxylic acids is 1. The monoisotopic (exact) mass is 430 g/mol. The van der Waals surface area contributed by atoms with Gasteiger partial charge in [0, 0.05) is 17.9 Å². The Morgan fingerprint density at radius 1 is 1.03 bits per heavy atom. The number of ketones is 1. The Bertz CT molecular complexity index is 1080. The van der Waals surface area contributed by atoms with Crippen molar-refractivity contribution >= 4 is 5.78 Å². The number of benzene rings is 2. The number of hydrogen-bond acceptors (Lipinski definition) is 4. The van der Waals surface area contributed by atoms with E-state index in [1.54, 1.807) is 12.1 Å². The number of rotatable bonds is 6. The van der Waals surface area contributed by atoms with Gasteiger partial charge >= 0.3 is 6.18 Å². The Morgan fingerprint density at radius 3 is 2.26 bits per heavy atom. The highest BCUT2D eigenvalue weighted by Crippen LogP contribution is 2.41. The lowest BCUT2D eigenvalue weighted by molar-refractivity contribution is -0.209. The predicted molar refractivity (Wildman–Crippen MR) is 112 cm³/mol. The number of aryl methyl sites for hydroxylation is 1. The lowest BCUT2D eigenvalue weighted by Crippen LogP contribution is -2.34. The minimum absolute atomic E-state index is 0.0151. The summed E-state index contributed by atoms with van der Waals surface area (Å²) in [5, 5.41) is 11.8. The van der Waals surface area contributed by atoms with Crippen molar-refractivity contribution in [3.8, 4) is 16.8 Å². The van der Waals surface area contributed by atoms with Crippen molar-refractivity contribution in [1.29, 1.82) is 0 Å². The second-order valence-corrected chi connectivity index (χ2v) is 8.72. The summed E-state index contributed by atoms with van der Waals surface area (Å²) in [4.78, 5) is 12.9. The highest BCUT2D eigenvalue weighted by molar-refractivity contribution is 5.98. The highest BCUT2D eigenvalue weighted by atomic mass is 19.4. The summed E-state index contributed by atoms with van der Waals surface area (Å²) in [6, 6.07) is 12.7. The number of tetrazole rings is 1. The Balaban J connectivity index is 2.12. The fraction of sp³-hybridized carbons (Fsp3) is 0.391. The van der Waals surface area contributed by atoms with Crippen LogP contribution in [0.25, 0.3) is 16.8 Å². The van der Waals surface area contributed by atoms with E-state index in [-0.39, 0.29) is 11.5 Å². The summed E-state index contributed by atoms with van der Waals surface area (Å²) < 4.78 is 41.6. The molecule has 1 heterocycles. The average molecular weight is 430 g/mol. The van der Waals surface area contributed by atoms with Gasteiger partial charge in [0.1, 0.15) is 0 Å². The van der Waals surface area contributed by atoms with E-state index in [1.165, 1.54) is 4.68 Å². The summed E-state index contributed by atoms with van der Waals surface area (Å²) in [6.45, 7) is 7.90. The molecule has 31 heavy (non-hydrogen) atoms. The minimum atomic E-state index is -4.49. The molecule has 0 aliphatic carbocycles. The van der Waals surface area contributed by atoms with Crippen LogP contribution in [0.1, 0.15) is 61.8 Å². The third-order valence-electron chi connectivity index (χ3n) is 5.25. The largest absolute Gasteiger partial charge is 0.394 e. The van der Waals surface area contributed by atoms with Crippen molar-refractivity contribution in [3.05, 3.63) is 59.4 Å². The van der Waals surface area contributed by atoms with Crippen LogP contribution in [0.2, 0.25) is 0 Å². The molecule has 1 aromatic heterocycles. The Morgan fingerprint density at radius 2 is 1.68 bits per heavy atom. The number of Topliss-reactive ketones (excluding diaryl/α,β-unsaturated/α-hetero) is 1. The molecule has 164 valence electrons. The fourth-order valence-electron chi connectivity index (χ4n) is 3.15. The van der Waals surface area contributed by atoms with Crippen molar-refractivity contribution in [1.82, 2.24) is 20.2 Å². The van der Waals surface area contributed by atoms with Gasteiger partial charge in [0.2, 0.25) is 0 Å². The third-order valence-corrected chi connectivity index (χ3v) is 5.25. The number of alkyl halides is 3. The summed E-state index contributed by atoms with van der Waals surface area (Å²) in [5.41, 5.74) is 1.20. The summed E-state index contributed by atoms with van der Waals surface area (Å²) in [7, 11) is 0. The quantitative estimate of drug-likeness (QED) is 0.455. The molecule has 0 N–H and O–H groups in total. The zero-order valence-electron chi connectivity index (χ0n) is 18.2. The molecule has 0 saturated heterocycles. The molecule has 0 unspecified atom stereocenters. The van der Waals surface area contributed by atoms with Crippen LogP contribution in [0.5, 0.6) is 0 Å². The molecule has 0 bridgehead atoms. The van der Waals surface area contributed by atoms with Crippen molar-refractivity contribution in [2.75, 3.05) is 0 Å². The van der Waals surface area contributed by atoms with E-state index in [0.717, 1.165) is 25.0 Å². The van der Waals surface area contributed by atoms with Gasteiger partial charge in [-0.15, -0.1) is 5.10 Å². The first-order valence-electron chi connectivity index (χ1n) is 10.00. The van der Waals surface area contributed by atoms with E-state index < -0.39 is 23.8 Å². The van der Waals surface area contributed by atoms with Gasteiger partial charge in [-0.3, -0.25) is 4.79 Å². The summed E-state index contributed by atoms with van der Waals surface area (Å²) in [6.07, 6.45) is -5.14. The van der Waals surface area contributed by atoms with Crippen molar-refractivity contribution < 1.29 is 18.0 Å². The summed E-state index contributed by atoms with van der Waals surface area (Å²) in [5.74, 6) is 0.0214. The van der Waals surface area contributed by atoms with Gasteiger partial charge in [-0.25, -0.2) is 0 Å². The zero-order valence-corrected chi connectivity index (χ0v) is 18.2. The maximum Gasteiger partial charge on any atom is 0.394 e. The Labute approximate surface area is 179 Å². The highest BCUT2D eigenvalue weighted by Gasteiger charge is 2.48. The second kappa shape index (κ2) is 8.24. The Kier molecular flexibility index (Phi) is 6.02. The molecular weight excluding hydrogens is 405 g/mol. The van der Waals surface area contributed by atoms with Crippen LogP contribution in [-0.4, -0.2) is 32.2 Å². The first-order valence-corrected chi connectivity index (χ1v) is 10.00. The van der Waals surface area contributed by atoms with Crippen LogP contribution in [0, 0.1) is 12.3 Å². The van der Waals surface area contributed by atoms with Crippen LogP contribution in [-0.2, 0) is 0 Å². The molecule has 0 atom stereocenters. The van der Waals surface area contributed by atoms with Crippen molar-refractivity contribution in [2.24, 2.45) is 5.41 Å². The van der Waals surface area contributed by atoms with Gasteiger partial charge < -0.3 is 0 Å². The van der Waals surface area contributed by atoms with E-state index in [1.807, 2.05) is 51.1 Å². The molecule has 0 fully saturated rings. The lowest BCUT2D eigenvalue weighted by Gasteiger charge is -2.27. The van der Waals surface area contributed by atoms with Crippen molar-refractivity contribution in [3.63, 3.8) is 0 Å². The van der Waals surface area contributed by atoms with Crippen LogP contribution in [0.4, 0.5) is 13.2 Å². The number of aromatic nitrogens is 4. The van der Waals surface area contributed by atoms with Crippen molar-refractivity contribution in [2.45, 2.75) is 53.1 Å². The topological polar surface area (TPSA) is 60.7 Å². The van der Waals surface area contributed by atoms with Crippen LogP contribution in [0.15, 0.2) is 42.5 Å². The van der Waals surface area contributed by atoms with E-state index in [0.29, 0.717) is 17.1 Å². The molecular formula is C23H25F3N4O. The molecule has 3 aromatic rings. The van der Waals surface area contributed by atoms with E-state index >= 15 is 0 Å². The molecule has 0 amide bonds. The first kappa shape index (κ1) is 22.7. The van der Waals surface area contributed by atoms with Gasteiger partial charge in [0.25, 0.3) is 0 Å². The average Bonchev–Trinajstić information content (AvgIpc) is 3.17. The van der Waals surface area contributed by atoms with Crippen LogP contribution in [0.3, 0.4) is 0 Å². The molecule has 0 aliphatic rings. The standard InChI is InChI=1S/C23H25F3N4O/c1-14(2)21-27-28-29-30(21)19-11-17(16-8-6-15(3)7-9-16)10-18(12-19)20(31)13-22(4,5)23(24,25)26/h6-12,14H,13H2,1-5H3. The van der Waals surface area contributed by atoms with E-state index in [2.05, 4.69) is 15.5 Å². The third kappa shape index (κ3) is 4.84. The molecule has 0 spiro atoms. The van der Waals surface area contributed by atoms with Crippen LogP contribution >= 0.6 is 0 Å². The minimum Gasteiger partial charge on any atom is -0.294 e. The van der Waals surface area contributed by atoms with Gasteiger partial charge in [0.05, 0.1) is 11.1 Å². The maximum absolute atomic E-state index is 13.4. The molecule has 5 nitrogen and oxygen atoms in total. The predicted octanol–water partition coefficient (Wildman–Crippen LogP) is 5.92. The normalized spacial score (nSPS) is 12.4. The van der Waals surface area contributed by atoms with Gasteiger partial charge in [0.15, 0.2) is 11.6 Å². The van der Waals surface area contributed by atoms with Gasteiger partial charge in [-0.2, -0.15) is 17.9 Å². The molecule has 8 heteroatoms. The molecule has 3 rings (SSSR count). The van der Waals surface area contributed by atoms with E-state index in [9.17, 15) is 18.0 Å². The maximum atomic E-state index is 13.4. The fourth-order valence-corrected chi connectivity index (χ4v) is 3.15. The number of carbonyl (C=O) groups is 1. The lowest BCUT2D eigenvalue weighted by atomic mass is 9.84.